The highest BCUT2D eigenvalue weighted by molar-refractivity contribution is 7.33. The topological polar surface area (TPSA) is 35.5 Å². The third kappa shape index (κ3) is 8.12. The molecule has 0 aliphatic carbocycles. The maximum Gasteiger partial charge on any atom is 0.697 e. The molecule has 0 aliphatic rings. The molecule has 72 valence electrons. The summed E-state index contributed by atoms with van der Waals surface area (Å²) in [5, 5.41) is 0. The molecule has 0 aliphatic heterocycles. The van der Waals surface area contributed by atoms with Crippen LogP contribution in [0.4, 0.5) is 0 Å². The fourth-order valence-electron chi connectivity index (χ4n) is 0.694. The Balaban J connectivity index is 3.20. The van der Waals surface area contributed by atoms with Crippen molar-refractivity contribution in [1.29, 1.82) is 0 Å². The molecule has 0 spiro atoms. The van der Waals surface area contributed by atoms with Gasteiger partial charge in [-0.25, -0.2) is 0 Å². The fourth-order valence-corrected chi connectivity index (χ4v) is 1.38. The first-order valence-corrected chi connectivity index (χ1v) is 5.53. The Kier molecular flexibility index (Phi) is 7.67. The minimum atomic E-state index is -1.89. The van der Waals surface area contributed by atoms with Crippen LogP contribution in [0.5, 0.6) is 0 Å². The van der Waals surface area contributed by atoms with Crippen LogP contribution in [0.25, 0.3) is 0 Å². The van der Waals surface area contributed by atoms with Crippen LogP contribution >= 0.6 is 8.25 Å². The van der Waals surface area contributed by atoms with E-state index in [2.05, 4.69) is 6.92 Å². The lowest BCUT2D eigenvalue weighted by Crippen LogP contribution is -1.96. The predicted octanol–water partition coefficient (Wildman–Crippen LogP) is 3.28. The van der Waals surface area contributed by atoms with Crippen LogP contribution in [-0.4, -0.2) is 12.7 Å². The van der Waals surface area contributed by atoms with E-state index in [1.807, 2.05) is 13.8 Å². The van der Waals surface area contributed by atoms with Crippen LogP contribution in [0, 0.1) is 0 Å². The molecule has 12 heavy (non-hydrogen) atoms. The van der Waals surface area contributed by atoms with Crippen molar-refractivity contribution in [3.8, 4) is 0 Å². The van der Waals surface area contributed by atoms with Crippen LogP contribution in [0.3, 0.4) is 0 Å². The lowest BCUT2D eigenvalue weighted by atomic mass is 10.3. The Labute approximate surface area is 75.4 Å². The fraction of sp³-hybridized carbons (Fsp3) is 1.00. The summed E-state index contributed by atoms with van der Waals surface area (Å²) in [5.41, 5.74) is 0. The molecule has 0 saturated heterocycles. The van der Waals surface area contributed by atoms with E-state index in [-0.39, 0.29) is 6.10 Å². The largest absolute Gasteiger partial charge is 0.697 e. The third-order valence-corrected chi connectivity index (χ3v) is 2.23. The first kappa shape index (κ1) is 12.0. The van der Waals surface area contributed by atoms with E-state index in [0.29, 0.717) is 6.61 Å². The molecule has 1 atom stereocenters. The molecule has 0 aromatic heterocycles. The number of unbranched alkanes of at least 4 members (excludes halogenated alkanes) is 2. The van der Waals surface area contributed by atoms with Gasteiger partial charge < -0.3 is 0 Å². The monoisotopic (exact) mass is 193 g/mol. The lowest BCUT2D eigenvalue weighted by Gasteiger charge is -1.93. The smallest absolute Gasteiger partial charge is 0.119 e. The van der Waals surface area contributed by atoms with Crippen molar-refractivity contribution < 1.29 is 13.6 Å². The molecule has 1 unspecified atom stereocenters. The summed E-state index contributed by atoms with van der Waals surface area (Å²) in [5.74, 6) is 0. The number of hydrogen-bond acceptors (Lipinski definition) is 3. The van der Waals surface area contributed by atoms with Gasteiger partial charge in [-0.3, -0.25) is 0 Å². The van der Waals surface area contributed by atoms with Crippen molar-refractivity contribution >= 4 is 8.25 Å². The lowest BCUT2D eigenvalue weighted by molar-refractivity contribution is 0.185. The van der Waals surface area contributed by atoms with E-state index in [9.17, 15) is 4.57 Å². The number of rotatable bonds is 7. The van der Waals surface area contributed by atoms with Crippen LogP contribution in [-0.2, 0) is 13.6 Å². The van der Waals surface area contributed by atoms with Crippen molar-refractivity contribution in [2.75, 3.05) is 6.61 Å². The highest BCUT2D eigenvalue weighted by Crippen LogP contribution is 2.25. The summed E-state index contributed by atoms with van der Waals surface area (Å²) in [6.07, 6.45) is 3.19. The molecule has 0 aromatic carbocycles. The Bertz CT molecular complexity index is 125. The zero-order valence-corrected chi connectivity index (χ0v) is 8.97. The van der Waals surface area contributed by atoms with Gasteiger partial charge in [-0.2, -0.15) is 0 Å². The van der Waals surface area contributed by atoms with Gasteiger partial charge in [0, 0.05) is 4.57 Å². The van der Waals surface area contributed by atoms with E-state index < -0.39 is 8.25 Å². The summed E-state index contributed by atoms with van der Waals surface area (Å²) in [4.78, 5) is 0. The Morgan fingerprint density at radius 2 is 2.00 bits per heavy atom. The third-order valence-electron chi connectivity index (χ3n) is 1.24. The molecule has 0 amide bonds. The van der Waals surface area contributed by atoms with E-state index in [1.54, 1.807) is 0 Å². The average Bonchev–Trinajstić information content (AvgIpc) is 1.97. The zero-order valence-electron chi connectivity index (χ0n) is 8.08. The van der Waals surface area contributed by atoms with Crippen LogP contribution < -0.4 is 0 Å². The minimum absolute atomic E-state index is 0.0280. The average molecular weight is 193 g/mol. The van der Waals surface area contributed by atoms with Gasteiger partial charge in [-0.05, 0) is 20.3 Å². The normalized spacial score (nSPS) is 12.2. The molecule has 0 fully saturated rings. The summed E-state index contributed by atoms with van der Waals surface area (Å²) in [7, 11) is -1.89. The second-order valence-corrected chi connectivity index (χ2v) is 3.83. The van der Waals surface area contributed by atoms with Gasteiger partial charge in [0.1, 0.15) is 12.7 Å². The van der Waals surface area contributed by atoms with Crippen LogP contribution in [0.1, 0.15) is 40.0 Å². The molecule has 0 saturated carbocycles. The highest BCUT2D eigenvalue weighted by atomic mass is 31.1. The van der Waals surface area contributed by atoms with Gasteiger partial charge in [0.2, 0.25) is 0 Å². The summed E-state index contributed by atoms with van der Waals surface area (Å²) < 4.78 is 20.8. The second kappa shape index (κ2) is 7.66. The van der Waals surface area contributed by atoms with E-state index >= 15 is 0 Å². The Hall–Kier alpha value is 0.0200. The van der Waals surface area contributed by atoms with Crippen molar-refractivity contribution in [3.63, 3.8) is 0 Å². The predicted molar refractivity (Wildman–Crippen MR) is 49.3 cm³/mol. The molecule has 0 rings (SSSR count). The van der Waals surface area contributed by atoms with Gasteiger partial charge in [0.15, 0.2) is 0 Å². The van der Waals surface area contributed by atoms with Gasteiger partial charge in [0.25, 0.3) is 0 Å². The zero-order chi connectivity index (χ0) is 9.40. The molecule has 0 aromatic rings. The highest BCUT2D eigenvalue weighted by Gasteiger charge is 2.21. The second-order valence-electron chi connectivity index (χ2n) is 2.92. The number of hydrogen-bond donors (Lipinski definition) is 0. The molecular formula is C8H18O3P+. The van der Waals surface area contributed by atoms with Gasteiger partial charge in [-0.15, -0.1) is 9.05 Å². The van der Waals surface area contributed by atoms with Crippen LogP contribution in [0.15, 0.2) is 0 Å². The SMILES string of the molecule is CCCCCO[P+](=O)OC(C)C. The first-order valence-electron chi connectivity index (χ1n) is 4.43. The van der Waals surface area contributed by atoms with Gasteiger partial charge in [-0.1, -0.05) is 19.8 Å². The van der Waals surface area contributed by atoms with Gasteiger partial charge >= 0.3 is 8.25 Å². The molecule has 0 heterocycles. The molecule has 0 bridgehead atoms. The minimum Gasteiger partial charge on any atom is -0.119 e. The van der Waals surface area contributed by atoms with E-state index in [0.717, 1.165) is 19.3 Å². The summed E-state index contributed by atoms with van der Waals surface area (Å²) >= 11 is 0. The maximum atomic E-state index is 10.9. The first-order chi connectivity index (χ1) is 5.66. The summed E-state index contributed by atoms with van der Waals surface area (Å²) in [6, 6.07) is 0. The van der Waals surface area contributed by atoms with Crippen molar-refractivity contribution in [1.82, 2.24) is 0 Å². The molecule has 0 N–H and O–H groups in total. The standard InChI is InChI=1S/C8H18O3P/c1-4-5-6-7-10-12(9)11-8(2)3/h8H,4-7H2,1-3H3/q+1. The van der Waals surface area contributed by atoms with Crippen molar-refractivity contribution in [2.45, 2.75) is 46.1 Å². The molecule has 3 nitrogen and oxygen atoms in total. The molecular weight excluding hydrogens is 175 g/mol. The summed E-state index contributed by atoms with van der Waals surface area (Å²) in [6.45, 7) is 6.33. The molecule has 0 radical (unpaired) electrons. The van der Waals surface area contributed by atoms with Gasteiger partial charge in [0.05, 0.1) is 0 Å². The van der Waals surface area contributed by atoms with Crippen LogP contribution in [0.2, 0.25) is 0 Å². The molecule has 4 heteroatoms. The van der Waals surface area contributed by atoms with Crippen molar-refractivity contribution in [2.24, 2.45) is 0 Å². The van der Waals surface area contributed by atoms with Crippen molar-refractivity contribution in [3.05, 3.63) is 0 Å². The van der Waals surface area contributed by atoms with E-state index in [4.69, 9.17) is 9.05 Å². The van der Waals surface area contributed by atoms with E-state index in [1.165, 1.54) is 0 Å². The Morgan fingerprint density at radius 3 is 2.50 bits per heavy atom. The quantitative estimate of drug-likeness (QED) is 0.459. The Morgan fingerprint density at radius 1 is 1.33 bits per heavy atom. The maximum absolute atomic E-state index is 10.9.